The van der Waals surface area contributed by atoms with Gasteiger partial charge in [0, 0.05) is 6.54 Å². The van der Waals surface area contributed by atoms with Crippen molar-refractivity contribution in [2.24, 2.45) is 5.92 Å². The molecule has 3 N–H and O–H groups in total. The third kappa shape index (κ3) is 3.54. The van der Waals surface area contributed by atoms with Gasteiger partial charge in [0.25, 0.3) is 0 Å². The Morgan fingerprint density at radius 3 is 3.06 bits per heavy atom. The van der Waals surface area contributed by atoms with E-state index in [1.807, 2.05) is 11.4 Å². The zero-order chi connectivity index (χ0) is 13.0. The molecular formula is C13H19NO3S. The van der Waals surface area contributed by atoms with E-state index in [4.69, 9.17) is 5.11 Å². The average molecular weight is 269 g/mol. The molecular weight excluding hydrogens is 250 g/mol. The number of carboxylic acids is 1. The molecule has 1 aromatic heterocycles. The molecule has 0 saturated heterocycles. The highest BCUT2D eigenvalue weighted by Gasteiger charge is 2.20. The van der Waals surface area contributed by atoms with E-state index in [2.05, 4.69) is 5.32 Å². The van der Waals surface area contributed by atoms with Gasteiger partial charge in [-0.15, -0.1) is 11.3 Å². The van der Waals surface area contributed by atoms with Crippen LogP contribution in [0.1, 0.15) is 40.9 Å². The van der Waals surface area contributed by atoms with Crippen molar-refractivity contribution in [2.75, 3.05) is 6.54 Å². The first kappa shape index (κ1) is 13.5. The summed E-state index contributed by atoms with van der Waals surface area (Å²) in [6.45, 7) is 1.45. The summed E-state index contributed by atoms with van der Waals surface area (Å²) in [6.07, 6.45) is 3.87. The predicted molar refractivity (Wildman–Crippen MR) is 70.9 cm³/mol. The highest BCUT2D eigenvalue weighted by atomic mass is 32.1. The number of carbonyl (C=O) groups is 1. The second-order valence-electron chi connectivity index (χ2n) is 4.90. The summed E-state index contributed by atoms with van der Waals surface area (Å²) >= 11 is 1.26. The lowest BCUT2D eigenvalue weighted by Gasteiger charge is -2.25. The molecule has 2 rings (SSSR count). The summed E-state index contributed by atoms with van der Waals surface area (Å²) in [5.41, 5.74) is 0.851. The van der Waals surface area contributed by atoms with Gasteiger partial charge in [0.2, 0.25) is 0 Å². The zero-order valence-corrected chi connectivity index (χ0v) is 11.1. The first-order valence-corrected chi connectivity index (χ1v) is 7.23. The molecule has 0 spiro atoms. The smallest absolute Gasteiger partial charge is 0.346 e. The Bertz CT molecular complexity index is 405. The van der Waals surface area contributed by atoms with Crippen LogP contribution in [-0.2, 0) is 6.54 Å². The quantitative estimate of drug-likeness (QED) is 0.765. The maximum Gasteiger partial charge on any atom is 0.346 e. The molecule has 1 saturated carbocycles. The molecule has 0 radical (unpaired) electrons. The first-order valence-electron chi connectivity index (χ1n) is 6.35. The van der Waals surface area contributed by atoms with Gasteiger partial charge in [0.05, 0.1) is 6.10 Å². The van der Waals surface area contributed by atoms with Crippen molar-refractivity contribution >= 4 is 17.3 Å². The van der Waals surface area contributed by atoms with Gasteiger partial charge >= 0.3 is 5.97 Å². The maximum atomic E-state index is 10.9. The van der Waals surface area contributed by atoms with Crippen molar-refractivity contribution in [3.63, 3.8) is 0 Å². The number of aromatic carboxylic acids is 1. The topological polar surface area (TPSA) is 69.6 Å². The van der Waals surface area contributed by atoms with Crippen molar-refractivity contribution < 1.29 is 15.0 Å². The molecule has 0 amide bonds. The largest absolute Gasteiger partial charge is 0.477 e. The van der Waals surface area contributed by atoms with Crippen molar-refractivity contribution in [2.45, 2.75) is 38.3 Å². The van der Waals surface area contributed by atoms with E-state index in [1.54, 1.807) is 0 Å². The average Bonchev–Trinajstić information content (AvgIpc) is 2.77. The van der Waals surface area contributed by atoms with E-state index in [1.165, 1.54) is 11.3 Å². The molecule has 1 aromatic rings. The summed E-state index contributed by atoms with van der Waals surface area (Å²) < 4.78 is 0. The van der Waals surface area contributed by atoms with Gasteiger partial charge < -0.3 is 15.5 Å². The van der Waals surface area contributed by atoms with Gasteiger partial charge in [0.15, 0.2) is 0 Å². The summed E-state index contributed by atoms with van der Waals surface area (Å²) in [5.74, 6) is -0.337. The molecule has 18 heavy (non-hydrogen) atoms. The molecule has 0 aliphatic heterocycles. The number of rotatable bonds is 5. The Balaban J connectivity index is 1.78. The Labute approximate surface area is 111 Å². The van der Waals surface area contributed by atoms with Crippen LogP contribution in [0.2, 0.25) is 0 Å². The Morgan fingerprint density at radius 2 is 2.33 bits per heavy atom. The van der Waals surface area contributed by atoms with E-state index in [-0.39, 0.29) is 6.10 Å². The standard InChI is InChI=1S/C13H19NO3S/c15-11-3-1-2-9(6-11)7-14-8-10-4-5-18-12(10)13(16)17/h4-5,9,11,14-15H,1-3,6-8H2,(H,16,17). The SMILES string of the molecule is O=C(O)c1sccc1CNCC1CCCC(O)C1. The number of aliphatic hydroxyl groups is 1. The van der Waals surface area contributed by atoms with Crippen LogP contribution in [0.5, 0.6) is 0 Å². The van der Waals surface area contributed by atoms with Gasteiger partial charge in [0.1, 0.15) is 4.88 Å². The first-order chi connectivity index (χ1) is 8.66. The molecule has 1 heterocycles. The number of thiophene rings is 1. The molecule has 4 nitrogen and oxygen atoms in total. The van der Waals surface area contributed by atoms with Crippen molar-refractivity contribution in [1.82, 2.24) is 5.32 Å². The van der Waals surface area contributed by atoms with Crippen LogP contribution in [0.3, 0.4) is 0 Å². The molecule has 0 aromatic carbocycles. The Kier molecular flexibility index (Phi) is 4.74. The molecule has 0 bridgehead atoms. The minimum absolute atomic E-state index is 0.152. The number of aliphatic hydroxyl groups excluding tert-OH is 1. The number of nitrogens with one attached hydrogen (secondary N) is 1. The van der Waals surface area contributed by atoms with Crippen LogP contribution in [0, 0.1) is 5.92 Å². The number of carboxylic acid groups (broad SMARTS) is 1. The molecule has 1 aliphatic rings. The summed E-state index contributed by atoms with van der Waals surface area (Å²) in [6, 6.07) is 1.86. The van der Waals surface area contributed by atoms with E-state index in [0.29, 0.717) is 17.3 Å². The third-order valence-electron chi connectivity index (χ3n) is 3.44. The predicted octanol–water partition coefficient (Wildman–Crippen LogP) is 2.09. The third-order valence-corrected chi connectivity index (χ3v) is 4.39. The molecule has 5 heteroatoms. The fraction of sp³-hybridized carbons (Fsp3) is 0.615. The molecule has 2 unspecified atom stereocenters. The number of hydrogen-bond acceptors (Lipinski definition) is 4. The van der Waals surface area contributed by atoms with Crippen LogP contribution < -0.4 is 5.32 Å². The summed E-state index contributed by atoms with van der Waals surface area (Å²) in [7, 11) is 0. The summed E-state index contributed by atoms with van der Waals surface area (Å²) in [5, 5.41) is 23.7. The van der Waals surface area contributed by atoms with E-state index in [9.17, 15) is 9.90 Å². The highest BCUT2D eigenvalue weighted by Crippen LogP contribution is 2.23. The molecule has 1 aliphatic carbocycles. The van der Waals surface area contributed by atoms with E-state index in [0.717, 1.165) is 37.8 Å². The van der Waals surface area contributed by atoms with Crippen molar-refractivity contribution in [3.8, 4) is 0 Å². The maximum absolute atomic E-state index is 10.9. The lowest BCUT2D eigenvalue weighted by Crippen LogP contribution is -2.29. The fourth-order valence-corrected chi connectivity index (χ4v) is 3.28. The summed E-state index contributed by atoms with van der Waals surface area (Å²) in [4.78, 5) is 11.4. The van der Waals surface area contributed by atoms with Gasteiger partial charge in [-0.1, -0.05) is 6.42 Å². The van der Waals surface area contributed by atoms with Crippen LogP contribution in [0.4, 0.5) is 0 Å². The lowest BCUT2D eigenvalue weighted by molar-refractivity contribution is 0.0701. The zero-order valence-electron chi connectivity index (χ0n) is 10.3. The molecule has 100 valence electrons. The fourth-order valence-electron chi connectivity index (χ4n) is 2.52. The molecule has 1 fully saturated rings. The van der Waals surface area contributed by atoms with Gasteiger partial charge in [-0.3, -0.25) is 0 Å². The molecule has 2 atom stereocenters. The van der Waals surface area contributed by atoms with Crippen LogP contribution in [-0.4, -0.2) is 28.8 Å². The van der Waals surface area contributed by atoms with E-state index >= 15 is 0 Å². The van der Waals surface area contributed by atoms with Crippen molar-refractivity contribution in [1.29, 1.82) is 0 Å². The van der Waals surface area contributed by atoms with Crippen molar-refractivity contribution in [3.05, 3.63) is 21.9 Å². The second kappa shape index (κ2) is 6.31. The van der Waals surface area contributed by atoms with E-state index < -0.39 is 5.97 Å². The normalized spacial score (nSPS) is 24.1. The monoisotopic (exact) mass is 269 g/mol. The van der Waals surface area contributed by atoms with Gasteiger partial charge in [-0.2, -0.15) is 0 Å². The number of hydrogen-bond donors (Lipinski definition) is 3. The van der Waals surface area contributed by atoms with Gasteiger partial charge in [-0.25, -0.2) is 4.79 Å². The Hall–Kier alpha value is -0.910. The van der Waals surface area contributed by atoms with Crippen LogP contribution >= 0.6 is 11.3 Å². The second-order valence-corrected chi connectivity index (χ2v) is 5.81. The Morgan fingerprint density at radius 1 is 1.50 bits per heavy atom. The van der Waals surface area contributed by atoms with Gasteiger partial charge in [-0.05, 0) is 48.7 Å². The minimum Gasteiger partial charge on any atom is -0.477 e. The minimum atomic E-state index is -0.852. The highest BCUT2D eigenvalue weighted by molar-refractivity contribution is 7.12. The lowest BCUT2D eigenvalue weighted by atomic mass is 9.87. The van der Waals surface area contributed by atoms with Crippen LogP contribution in [0.25, 0.3) is 0 Å². The van der Waals surface area contributed by atoms with Crippen LogP contribution in [0.15, 0.2) is 11.4 Å².